The summed E-state index contributed by atoms with van der Waals surface area (Å²) in [5.41, 5.74) is 2.35. The number of hydrogen-bond acceptors (Lipinski definition) is 6. The maximum atomic E-state index is 13.5. The van der Waals surface area contributed by atoms with Crippen molar-refractivity contribution >= 4 is 11.9 Å². The third-order valence-electron chi connectivity index (χ3n) is 6.10. The number of carbonyl (C=O) groups excluding carboxylic acids is 2. The summed E-state index contributed by atoms with van der Waals surface area (Å²) in [6.07, 6.45) is -0.459. The number of carbonyl (C=O) groups is 2. The normalized spacial score (nSPS) is 18.3. The lowest BCUT2D eigenvalue weighted by atomic mass is 9.87. The largest absolute Gasteiger partial charge is 0.528 e. The summed E-state index contributed by atoms with van der Waals surface area (Å²) in [4.78, 5) is 30.5. The Morgan fingerprint density at radius 1 is 0.946 bits per heavy atom. The first kappa shape index (κ1) is 26.5. The summed E-state index contributed by atoms with van der Waals surface area (Å²) in [6.45, 7) is 6.40. The first-order chi connectivity index (χ1) is 17.7. The molecule has 1 heterocycles. The first-order valence-electron chi connectivity index (χ1n) is 12.4. The van der Waals surface area contributed by atoms with Crippen LogP contribution < -0.4 is 0 Å². The van der Waals surface area contributed by atoms with Crippen LogP contribution in [-0.2, 0) is 20.9 Å². The van der Waals surface area contributed by atoms with Crippen LogP contribution in [0.2, 0.25) is 0 Å². The van der Waals surface area contributed by atoms with E-state index in [1.54, 1.807) is 56.2 Å². The fourth-order valence-electron chi connectivity index (χ4n) is 4.37. The second-order valence-electron chi connectivity index (χ2n) is 10.1. The SMILES string of the molecule is CC(C)(C)OC(=O)ON1CCC(c2ccc(F)cc2)C(OCc2cccc(C(=O)c3ccccc3)c2)C1. The quantitative estimate of drug-likeness (QED) is 0.277. The van der Waals surface area contributed by atoms with Crippen LogP contribution in [0.3, 0.4) is 0 Å². The Balaban J connectivity index is 1.47. The molecular formula is C30H32FNO5. The average molecular weight is 506 g/mol. The number of ether oxygens (including phenoxy) is 2. The third-order valence-corrected chi connectivity index (χ3v) is 6.10. The van der Waals surface area contributed by atoms with Gasteiger partial charge in [0.1, 0.15) is 11.4 Å². The Hall–Kier alpha value is -3.55. The fourth-order valence-corrected chi connectivity index (χ4v) is 4.37. The van der Waals surface area contributed by atoms with Gasteiger partial charge in [0.15, 0.2) is 5.78 Å². The summed E-state index contributed by atoms with van der Waals surface area (Å²) in [6, 6.07) is 22.9. The molecule has 3 aromatic carbocycles. The van der Waals surface area contributed by atoms with Gasteiger partial charge in [-0.1, -0.05) is 60.7 Å². The van der Waals surface area contributed by atoms with E-state index in [-0.39, 0.29) is 30.2 Å². The van der Waals surface area contributed by atoms with E-state index >= 15 is 0 Å². The summed E-state index contributed by atoms with van der Waals surface area (Å²) < 4.78 is 25.2. The maximum absolute atomic E-state index is 13.5. The number of piperidine rings is 1. The highest BCUT2D eigenvalue weighted by atomic mass is 19.1. The molecule has 0 spiro atoms. The van der Waals surface area contributed by atoms with Crippen LogP contribution in [0.5, 0.6) is 0 Å². The Morgan fingerprint density at radius 3 is 2.35 bits per heavy atom. The molecule has 37 heavy (non-hydrogen) atoms. The number of benzene rings is 3. The van der Waals surface area contributed by atoms with Crippen LogP contribution in [0, 0.1) is 5.82 Å². The summed E-state index contributed by atoms with van der Waals surface area (Å²) in [5, 5.41) is 1.55. The molecule has 0 amide bonds. The third kappa shape index (κ3) is 7.47. The van der Waals surface area contributed by atoms with Gasteiger partial charge in [0.2, 0.25) is 0 Å². The molecule has 194 valence electrons. The Morgan fingerprint density at radius 2 is 1.65 bits per heavy atom. The van der Waals surface area contributed by atoms with Gasteiger partial charge in [-0.25, -0.2) is 9.18 Å². The van der Waals surface area contributed by atoms with Crippen molar-refractivity contribution in [1.82, 2.24) is 5.06 Å². The Kier molecular flexibility index (Phi) is 8.36. The number of halogens is 1. The van der Waals surface area contributed by atoms with Crippen molar-refractivity contribution in [2.45, 2.75) is 51.4 Å². The lowest BCUT2D eigenvalue weighted by Crippen LogP contribution is -2.45. The monoisotopic (exact) mass is 505 g/mol. The van der Waals surface area contributed by atoms with Gasteiger partial charge < -0.3 is 14.3 Å². The smallest absolute Gasteiger partial charge is 0.427 e. The van der Waals surface area contributed by atoms with Crippen molar-refractivity contribution in [3.8, 4) is 0 Å². The van der Waals surface area contributed by atoms with Gasteiger partial charge in [-0.3, -0.25) is 4.79 Å². The Labute approximate surface area is 216 Å². The second kappa shape index (κ2) is 11.7. The molecule has 1 aliphatic heterocycles. The number of ketones is 1. The molecule has 1 saturated heterocycles. The lowest BCUT2D eigenvalue weighted by molar-refractivity contribution is -0.179. The summed E-state index contributed by atoms with van der Waals surface area (Å²) in [7, 11) is 0. The lowest BCUT2D eigenvalue weighted by Gasteiger charge is -2.37. The van der Waals surface area contributed by atoms with Crippen LogP contribution in [0.15, 0.2) is 78.9 Å². The molecule has 1 fully saturated rings. The molecule has 0 aromatic heterocycles. The molecule has 0 radical (unpaired) electrons. The summed E-state index contributed by atoms with van der Waals surface area (Å²) >= 11 is 0. The van der Waals surface area contributed by atoms with E-state index in [0.717, 1.165) is 11.1 Å². The predicted molar refractivity (Wildman–Crippen MR) is 138 cm³/mol. The highest BCUT2D eigenvalue weighted by molar-refractivity contribution is 6.09. The van der Waals surface area contributed by atoms with Crippen molar-refractivity contribution in [2.24, 2.45) is 0 Å². The first-order valence-corrected chi connectivity index (χ1v) is 12.4. The van der Waals surface area contributed by atoms with Crippen molar-refractivity contribution in [3.05, 3.63) is 107 Å². The molecular weight excluding hydrogens is 473 g/mol. The molecule has 3 aromatic rings. The molecule has 2 unspecified atom stereocenters. The van der Waals surface area contributed by atoms with Gasteiger partial charge in [0.25, 0.3) is 0 Å². The van der Waals surface area contributed by atoms with Gasteiger partial charge >= 0.3 is 6.16 Å². The van der Waals surface area contributed by atoms with Crippen LogP contribution in [-0.4, -0.2) is 41.8 Å². The zero-order chi connectivity index (χ0) is 26.4. The van der Waals surface area contributed by atoms with E-state index < -0.39 is 11.8 Å². The molecule has 0 N–H and O–H groups in total. The van der Waals surface area contributed by atoms with Gasteiger partial charge in [-0.05, 0) is 56.5 Å². The van der Waals surface area contributed by atoms with Crippen molar-refractivity contribution in [2.75, 3.05) is 13.1 Å². The van der Waals surface area contributed by atoms with E-state index in [0.29, 0.717) is 30.6 Å². The van der Waals surface area contributed by atoms with Crippen molar-refractivity contribution < 1.29 is 28.3 Å². The number of hydrogen-bond donors (Lipinski definition) is 0. The average Bonchev–Trinajstić information content (AvgIpc) is 2.87. The maximum Gasteiger partial charge on any atom is 0.528 e. The van der Waals surface area contributed by atoms with E-state index in [1.807, 2.05) is 36.4 Å². The number of rotatable bonds is 7. The molecule has 6 nitrogen and oxygen atoms in total. The zero-order valence-electron chi connectivity index (χ0n) is 21.4. The number of hydroxylamine groups is 2. The van der Waals surface area contributed by atoms with Crippen LogP contribution in [0.4, 0.5) is 9.18 Å². The minimum Gasteiger partial charge on any atom is -0.427 e. The molecule has 7 heteroatoms. The molecule has 2 atom stereocenters. The topological polar surface area (TPSA) is 65.1 Å². The Bertz CT molecular complexity index is 1210. The van der Waals surface area contributed by atoms with Gasteiger partial charge in [0.05, 0.1) is 19.3 Å². The van der Waals surface area contributed by atoms with Crippen LogP contribution >= 0.6 is 0 Å². The number of nitrogens with zero attached hydrogens (tertiary/aromatic N) is 1. The molecule has 0 aliphatic carbocycles. The van der Waals surface area contributed by atoms with Gasteiger partial charge in [-0.15, -0.1) is 5.06 Å². The van der Waals surface area contributed by atoms with Crippen molar-refractivity contribution in [1.29, 1.82) is 0 Å². The van der Waals surface area contributed by atoms with E-state index in [9.17, 15) is 14.0 Å². The molecule has 0 bridgehead atoms. The zero-order valence-corrected chi connectivity index (χ0v) is 21.4. The van der Waals surface area contributed by atoms with Crippen LogP contribution in [0.25, 0.3) is 0 Å². The van der Waals surface area contributed by atoms with Gasteiger partial charge in [0, 0.05) is 23.6 Å². The predicted octanol–water partition coefficient (Wildman–Crippen LogP) is 6.30. The van der Waals surface area contributed by atoms with E-state index in [1.165, 1.54) is 12.1 Å². The second-order valence-corrected chi connectivity index (χ2v) is 10.1. The van der Waals surface area contributed by atoms with E-state index in [2.05, 4.69) is 0 Å². The standard InChI is InChI=1S/C30H32FNO5/c1-30(2,3)36-29(34)37-32-17-16-26(22-12-14-25(31)15-13-22)27(19-32)35-20-21-8-7-11-24(18-21)28(33)23-9-5-4-6-10-23/h4-15,18,26-27H,16-17,19-20H2,1-3H3. The molecule has 1 aliphatic rings. The highest BCUT2D eigenvalue weighted by Gasteiger charge is 2.34. The minimum atomic E-state index is -0.765. The fraction of sp³-hybridized carbons (Fsp3) is 0.333. The molecule has 4 rings (SSSR count). The van der Waals surface area contributed by atoms with E-state index in [4.69, 9.17) is 14.3 Å². The van der Waals surface area contributed by atoms with Crippen molar-refractivity contribution in [3.63, 3.8) is 0 Å². The van der Waals surface area contributed by atoms with Crippen LogP contribution in [0.1, 0.15) is 60.2 Å². The molecule has 0 saturated carbocycles. The highest BCUT2D eigenvalue weighted by Crippen LogP contribution is 2.32. The van der Waals surface area contributed by atoms with Gasteiger partial charge in [-0.2, -0.15) is 0 Å². The summed E-state index contributed by atoms with van der Waals surface area (Å²) in [5.74, 6) is -0.374. The minimum absolute atomic E-state index is 0.0202.